The number of anilines is 3. The first-order valence-corrected chi connectivity index (χ1v) is 31.6. The van der Waals surface area contributed by atoms with E-state index in [4.69, 9.17) is 45.1 Å². The molecule has 31 heteroatoms. The molecule has 96 heavy (non-hydrogen) atoms. The van der Waals surface area contributed by atoms with Gasteiger partial charge in [0.2, 0.25) is 17.7 Å². The summed E-state index contributed by atoms with van der Waals surface area (Å²) in [5.41, 5.74) is 21.8. The second kappa shape index (κ2) is 29.7. The van der Waals surface area contributed by atoms with Crippen molar-refractivity contribution in [3.05, 3.63) is 169 Å². The summed E-state index contributed by atoms with van der Waals surface area (Å²) in [5.74, 6) is 0.235. The minimum absolute atomic E-state index is 0.00204. The maximum absolute atomic E-state index is 14.7. The number of imidazole rings is 3. The van der Waals surface area contributed by atoms with Crippen LogP contribution < -0.4 is 39.0 Å². The van der Waals surface area contributed by atoms with E-state index in [1.807, 2.05) is 88.2 Å². The monoisotopic (exact) mass is 1350 g/mol. The summed E-state index contributed by atoms with van der Waals surface area (Å²) in [6, 6.07) is 15.7. The third-order valence-electron chi connectivity index (χ3n) is 16.6. The number of halogens is 3. The summed E-state index contributed by atoms with van der Waals surface area (Å²) in [7, 11) is 13.2. The second-order valence-corrected chi connectivity index (χ2v) is 25.0. The summed E-state index contributed by atoms with van der Waals surface area (Å²) in [5, 5.41) is 0.775. The van der Waals surface area contributed by atoms with Crippen molar-refractivity contribution >= 4 is 91.9 Å². The van der Waals surface area contributed by atoms with E-state index in [0.29, 0.717) is 128 Å². The lowest BCUT2D eigenvalue weighted by atomic mass is 10.2. The fourth-order valence-electron chi connectivity index (χ4n) is 12.0. The largest absolute Gasteiger partial charge is 0.496 e. The molecule has 12 rings (SSSR count). The molecule has 3 amide bonds. The summed E-state index contributed by atoms with van der Waals surface area (Å²) < 4.78 is 29.1. The van der Waals surface area contributed by atoms with Gasteiger partial charge < -0.3 is 51.3 Å². The fourth-order valence-corrected chi connectivity index (χ4v) is 12.2. The van der Waals surface area contributed by atoms with Crippen LogP contribution in [0.1, 0.15) is 43.0 Å². The molecule has 3 unspecified atom stereocenters. The molecule has 0 radical (unpaired) electrons. The number of carbonyl (C=O) groups is 3. The SMILES string of the molecule is CN(C)C/C=C/C(=O)N1CCC(n2c(=O)n(-c3ccc(Cl)cc3)c3c(N)ncnc32)C1.CN(C)C/C=C/C(=O)N1CCC(n2c(=O)n(-c3ccc(Cl)cc3F)c3c(N)ncnc32)C1.COc1cc(-n2c(=O)n(C3CCN(C(=O)/C=C/CN(C)C)C3)c3ncnc(N)c32)ccc1C. The zero-order chi connectivity index (χ0) is 68.8. The number of ether oxygens (including phenoxy) is 1. The highest BCUT2D eigenvalue weighted by molar-refractivity contribution is 6.31. The van der Waals surface area contributed by atoms with Gasteiger partial charge in [-0.15, -0.1) is 0 Å². The van der Waals surface area contributed by atoms with Gasteiger partial charge in [0.05, 0.1) is 42.3 Å². The van der Waals surface area contributed by atoms with Crippen LogP contribution in [0.4, 0.5) is 21.8 Å². The number of benzene rings is 3. The Morgan fingerprint density at radius 1 is 0.531 bits per heavy atom. The number of hydrogen-bond donors (Lipinski definition) is 3. The van der Waals surface area contributed by atoms with E-state index in [2.05, 4.69) is 29.9 Å². The highest BCUT2D eigenvalue weighted by Crippen LogP contribution is 2.33. The minimum atomic E-state index is -0.670. The van der Waals surface area contributed by atoms with Crippen molar-refractivity contribution in [3.63, 3.8) is 0 Å². The Morgan fingerprint density at radius 3 is 1.28 bits per heavy atom. The van der Waals surface area contributed by atoms with Crippen LogP contribution in [0, 0.1) is 12.7 Å². The first-order valence-electron chi connectivity index (χ1n) is 30.8. The van der Waals surface area contributed by atoms with Gasteiger partial charge in [-0.25, -0.2) is 48.7 Å². The van der Waals surface area contributed by atoms with E-state index in [1.165, 1.54) is 50.9 Å². The van der Waals surface area contributed by atoms with Gasteiger partial charge in [-0.05, 0) is 123 Å². The summed E-state index contributed by atoms with van der Waals surface area (Å²) in [6.45, 7) is 6.76. The molecular weight excluding hydrogens is 1280 g/mol. The van der Waals surface area contributed by atoms with Crippen LogP contribution in [0.2, 0.25) is 10.0 Å². The Labute approximate surface area is 561 Å². The van der Waals surface area contributed by atoms with Crippen LogP contribution in [0.5, 0.6) is 5.75 Å². The third-order valence-corrected chi connectivity index (χ3v) is 17.1. The Morgan fingerprint density at radius 2 is 0.896 bits per heavy atom. The summed E-state index contributed by atoms with van der Waals surface area (Å²) >= 11 is 11.9. The van der Waals surface area contributed by atoms with Gasteiger partial charge in [-0.3, -0.25) is 41.8 Å². The topological polar surface area (TPSA) is 316 Å². The molecule has 3 saturated heterocycles. The van der Waals surface area contributed by atoms with E-state index in [0.717, 1.165) is 16.2 Å². The number of hydrogen-bond acceptors (Lipinski definition) is 19. The number of aromatic nitrogens is 12. The number of fused-ring (bicyclic) bond motifs is 3. The Balaban J connectivity index is 0.000000157. The number of nitrogens with two attached hydrogens (primary N) is 3. The first-order chi connectivity index (χ1) is 45.9. The number of likely N-dealkylation sites (tertiary alicyclic amines) is 3. The number of carbonyl (C=O) groups excluding carboxylic acids is 3. The van der Waals surface area contributed by atoms with E-state index in [9.17, 15) is 33.2 Å². The second-order valence-electron chi connectivity index (χ2n) is 24.2. The number of nitrogen functional groups attached to an aromatic ring is 3. The van der Waals surface area contributed by atoms with E-state index in [-0.39, 0.29) is 80.9 Å². The molecule has 0 aliphatic carbocycles. The molecule has 3 atom stereocenters. The van der Waals surface area contributed by atoms with Crippen molar-refractivity contribution in [2.45, 2.75) is 44.3 Å². The molecular formula is C65H76Cl2FN21O7. The van der Waals surface area contributed by atoms with Crippen molar-refractivity contribution in [2.24, 2.45) is 0 Å². The molecule has 0 bridgehead atoms. The lowest BCUT2D eigenvalue weighted by molar-refractivity contribution is -0.125. The van der Waals surface area contributed by atoms with Crippen molar-refractivity contribution in [1.82, 2.24) is 86.7 Å². The molecule has 504 valence electrons. The van der Waals surface area contributed by atoms with Crippen LogP contribution in [-0.4, -0.2) is 213 Å². The third kappa shape index (κ3) is 14.6. The number of methoxy groups -OCH3 is 1. The molecule has 3 aliphatic rings. The molecule has 0 spiro atoms. The molecule has 9 aromatic rings. The molecule has 0 saturated carbocycles. The van der Waals surface area contributed by atoms with Crippen molar-refractivity contribution < 1.29 is 23.5 Å². The summed E-state index contributed by atoms with van der Waals surface area (Å²) in [6.07, 6.45) is 16.0. The van der Waals surface area contributed by atoms with Gasteiger partial charge in [0.1, 0.15) is 47.1 Å². The quantitative estimate of drug-likeness (QED) is 0.108. The van der Waals surface area contributed by atoms with Crippen LogP contribution >= 0.6 is 23.2 Å². The average molecular weight is 1350 g/mol. The maximum atomic E-state index is 14.7. The Hall–Kier alpha value is -10.1. The highest BCUT2D eigenvalue weighted by Gasteiger charge is 2.35. The zero-order valence-electron chi connectivity index (χ0n) is 54.5. The average Bonchev–Trinajstić information content (AvgIpc) is 1.61. The lowest BCUT2D eigenvalue weighted by Gasteiger charge is -2.15. The van der Waals surface area contributed by atoms with Gasteiger partial charge in [0.15, 0.2) is 34.4 Å². The number of rotatable bonds is 16. The minimum Gasteiger partial charge on any atom is -0.496 e. The van der Waals surface area contributed by atoms with E-state index < -0.39 is 11.5 Å². The molecule has 28 nitrogen and oxygen atoms in total. The van der Waals surface area contributed by atoms with Crippen LogP contribution in [0.15, 0.2) is 130 Å². The fraction of sp³-hybridized carbons (Fsp3) is 0.354. The van der Waals surface area contributed by atoms with Gasteiger partial charge in [-0.2, -0.15) is 0 Å². The van der Waals surface area contributed by atoms with E-state index in [1.54, 1.807) is 79.5 Å². The van der Waals surface area contributed by atoms with Crippen LogP contribution in [0.3, 0.4) is 0 Å². The van der Waals surface area contributed by atoms with Crippen LogP contribution in [0.25, 0.3) is 50.6 Å². The maximum Gasteiger partial charge on any atom is 0.335 e. The lowest BCUT2D eigenvalue weighted by Crippen LogP contribution is -2.31. The van der Waals surface area contributed by atoms with Crippen molar-refractivity contribution in [3.8, 4) is 22.8 Å². The highest BCUT2D eigenvalue weighted by atomic mass is 35.5. The van der Waals surface area contributed by atoms with Gasteiger partial charge in [0, 0.05) is 93.2 Å². The van der Waals surface area contributed by atoms with Gasteiger partial charge in [-0.1, -0.05) is 47.5 Å². The normalized spacial score (nSPS) is 16.6. The molecule has 9 heterocycles. The molecule has 3 aliphatic heterocycles. The first kappa shape index (κ1) is 68.8. The summed E-state index contributed by atoms with van der Waals surface area (Å²) in [4.78, 5) is 115. The van der Waals surface area contributed by atoms with Gasteiger partial charge >= 0.3 is 17.1 Å². The molecule has 3 aromatic carbocycles. The smallest absolute Gasteiger partial charge is 0.335 e. The van der Waals surface area contributed by atoms with Crippen molar-refractivity contribution in [1.29, 1.82) is 0 Å². The number of amides is 3. The Kier molecular flexibility index (Phi) is 21.3. The standard InChI is InChI=1S/C23H29N7O3.C21H23ClFN7O2.C21H24ClN7O2/c1-15-7-8-16(12-18(15)33-4)29-20-21(24)25-14-26-22(20)30(23(29)32)17-9-11-28(13-17)19(31)6-5-10-27(2)3;1-27(2)8-3-4-17(31)28-9-7-14(11-28)29-20-18(19(24)25-12-26-20)30(21(29)32)16-6-5-13(22)10-15(16)23;1-26(2)10-3-4-17(30)27-11-9-16(12-27)29-20-18(19(23)24-13-25-20)28(21(29)31)15-7-5-14(22)6-8-15/h5-8,12,14,17H,9-11,13H2,1-4H3,(H2,24,25,26);3-6,10,12,14H,7-9,11H2,1-2H3,(H2,24,25,26);3-8,13,16H,9-12H2,1-2H3,(H2,23,24,25)/b6-5+;2*4-3+. The Bertz CT molecular complexity index is 4670. The number of likely N-dealkylation sites (N-methyl/N-ethyl adjacent to an activating group) is 3. The molecule has 6 aromatic heterocycles. The van der Waals surface area contributed by atoms with Crippen LogP contribution in [-0.2, 0) is 14.4 Å². The predicted octanol–water partition coefficient (Wildman–Crippen LogP) is 4.93. The van der Waals surface area contributed by atoms with Crippen molar-refractivity contribution in [2.75, 3.05) is 125 Å². The number of nitrogens with zero attached hydrogens (tertiary/aromatic N) is 18. The zero-order valence-corrected chi connectivity index (χ0v) is 56.0. The number of aryl methyl sites for hydroxylation is 1. The van der Waals surface area contributed by atoms with E-state index >= 15 is 0 Å². The predicted molar refractivity (Wildman–Crippen MR) is 368 cm³/mol. The molecule has 6 N–H and O–H groups in total. The van der Waals surface area contributed by atoms with Gasteiger partial charge in [0.25, 0.3) is 0 Å². The molecule has 3 fully saturated rings.